The predicted octanol–water partition coefficient (Wildman–Crippen LogP) is 1.76. The number of esters is 1. The summed E-state index contributed by atoms with van der Waals surface area (Å²) in [6, 6.07) is -0.171. The molecule has 4 aliphatic heterocycles. The number of fused-ring (bicyclic) bond motifs is 1. The minimum absolute atomic E-state index is 0.115. The van der Waals surface area contributed by atoms with Gasteiger partial charge in [0, 0.05) is 38.2 Å². The average Bonchev–Trinajstić information content (AvgIpc) is 3.88. The van der Waals surface area contributed by atoms with Crippen LogP contribution in [0.15, 0.2) is 24.3 Å². The Kier molecular flexibility index (Phi) is 14.8. The van der Waals surface area contributed by atoms with Crippen LogP contribution in [0.3, 0.4) is 0 Å². The van der Waals surface area contributed by atoms with Gasteiger partial charge in [0.25, 0.3) is 0 Å². The Bertz CT molecular complexity index is 1210. The highest BCUT2D eigenvalue weighted by Gasteiger charge is 2.59. The molecule has 4 aliphatic rings. The van der Waals surface area contributed by atoms with Crippen LogP contribution in [0.2, 0.25) is 0 Å². The summed E-state index contributed by atoms with van der Waals surface area (Å²) in [4.78, 5) is 28.7. The van der Waals surface area contributed by atoms with Crippen LogP contribution in [-0.4, -0.2) is 152 Å². The number of carbonyl (C=O) groups excluding carboxylic acids is 2. The first-order chi connectivity index (χ1) is 24.1. The largest absolute Gasteiger partial charge is 0.456 e. The number of allylic oxidation sites excluding steroid dienone is 1. The van der Waals surface area contributed by atoms with Gasteiger partial charge in [-0.05, 0) is 65.3 Å². The maximum Gasteiger partial charge on any atom is 0.330 e. The Hall–Kier alpha value is -1.82. The lowest BCUT2D eigenvalue weighted by Gasteiger charge is -2.43. The molecule has 9 unspecified atom stereocenters. The van der Waals surface area contributed by atoms with Crippen LogP contribution in [0.25, 0.3) is 0 Å². The highest BCUT2D eigenvalue weighted by molar-refractivity contribution is 5.91. The van der Waals surface area contributed by atoms with E-state index in [-0.39, 0.29) is 48.7 Å². The number of aliphatic hydroxyl groups is 3. The topological polar surface area (TPSA) is 175 Å². The van der Waals surface area contributed by atoms with Crippen LogP contribution in [-0.2, 0) is 47.5 Å². The summed E-state index contributed by atoms with van der Waals surface area (Å²) >= 11 is 0. The van der Waals surface area contributed by atoms with Crippen molar-refractivity contribution in [3.63, 3.8) is 0 Å². The number of rotatable bonds is 9. The van der Waals surface area contributed by atoms with E-state index in [0.717, 1.165) is 0 Å². The van der Waals surface area contributed by atoms with Gasteiger partial charge in [0.15, 0.2) is 24.0 Å². The number of carbonyl (C=O) groups is 2. The molecule has 0 aromatic rings. The molecule has 0 saturated carbocycles. The fraction of sp³-hybridized carbons (Fsp3) is 0.838. The van der Waals surface area contributed by atoms with Crippen molar-refractivity contribution in [2.45, 2.75) is 146 Å². The van der Waals surface area contributed by atoms with E-state index in [2.05, 4.69) is 0 Å². The number of nitrogens with zero attached hydrogens (tertiary/aromatic N) is 1. The van der Waals surface area contributed by atoms with Gasteiger partial charge >= 0.3 is 5.97 Å². The fourth-order valence-corrected chi connectivity index (χ4v) is 7.69. The van der Waals surface area contributed by atoms with Crippen molar-refractivity contribution in [2.75, 3.05) is 34.9 Å². The summed E-state index contributed by atoms with van der Waals surface area (Å²) in [5.41, 5.74) is -1.86. The molecular weight excluding hydrogens is 666 g/mol. The lowest BCUT2D eigenvalue weighted by Crippen LogP contribution is -2.60. The quantitative estimate of drug-likeness (QED) is 0.232. The summed E-state index contributed by atoms with van der Waals surface area (Å²) in [7, 11) is 6.70. The highest BCUT2D eigenvalue weighted by Crippen LogP contribution is 2.40. The van der Waals surface area contributed by atoms with E-state index in [0.29, 0.717) is 12.8 Å². The number of likely N-dealkylation sites (N-methyl/N-ethyl adjacent to an activating group) is 1. The Morgan fingerprint density at radius 2 is 1.57 bits per heavy atom. The number of cyclic esters (lactones) is 1. The average molecular weight is 728 g/mol. The molecule has 14 heteroatoms. The zero-order valence-corrected chi connectivity index (χ0v) is 31.7. The monoisotopic (exact) mass is 727 g/mol. The molecule has 0 spiro atoms. The normalized spacial score (nSPS) is 47.0. The molecule has 3 N–H and O–H groups in total. The first kappa shape index (κ1) is 41.9. The minimum Gasteiger partial charge on any atom is -0.456 e. The molecule has 0 aromatic heterocycles. The maximum atomic E-state index is 13.4. The molecule has 0 amide bonds. The third kappa shape index (κ3) is 9.84. The van der Waals surface area contributed by atoms with Crippen LogP contribution in [0, 0.1) is 17.8 Å². The van der Waals surface area contributed by atoms with Crippen molar-refractivity contribution in [1.29, 1.82) is 0 Å². The van der Waals surface area contributed by atoms with Gasteiger partial charge in [0.2, 0.25) is 0 Å². The van der Waals surface area contributed by atoms with E-state index < -0.39 is 79.1 Å². The molecule has 51 heavy (non-hydrogen) atoms. The first-order valence-electron chi connectivity index (χ1n) is 18.2. The molecule has 3 fully saturated rings. The van der Waals surface area contributed by atoms with Gasteiger partial charge in [-0.15, -0.1) is 0 Å². The number of epoxide rings is 1. The molecule has 4 heterocycles. The van der Waals surface area contributed by atoms with E-state index in [9.17, 15) is 24.9 Å². The Labute approximate surface area is 302 Å². The van der Waals surface area contributed by atoms with E-state index in [1.54, 1.807) is 26.0 Å². The molecule has 4 rings (SSSR count). The van der Waals surface area contributed by atoms with Gasteiger partial charge in [0.05, 0.1) is 24.9 Å². The number of ether oxygens (including phenoxy) is 8. The Morgan fingerprint density at radius 1 is 0.882 bits per heavy atom. The molecule has 0 radical (unpaired) electrons. The predicted molar refractivity (Wildman–Crippen MR) is 184 cm³/mol. The summed E-state index contributed by atoms with van der Waals surface area (Å²) in [5, 5.41) is 34.0. The van der Waals surface area contributed by atoms with E-state index in [4.69, 9.17) is 37.9 Å². The molecule has 292 valence electrons. The second-order valence-corrected chi connectivity index (χ2v) is 15.0. The van der Waals surface area contributed by atoms with Crippen molar-refractivity contribution in [3.8, 4) is 0 Å². The van der Waals surface area contributed by atoms with Gasteiger partial charge in [-0.3, -0.25) is 4.79 Å². The summed E-state index contributed by atoms with van der Waals surface area (Å²) in [6.07, 6.45) is -1.95. The SMILES string of the molecule is CC[C@H]1OC(=O)/C=C/[C@H](C)[C@@H](OC2OC(C)CC(N(C)C)C2O)[C@@H](C)C[C@@H](C)C(=O)/C=C/[C@H]2O[C@@H]2[C@]1(O)COC1OC(C)C(O)C(OC)C1OC. The van der Waals surface area contributed by atoms with Gasteiger partial charge in [-0.25, -0.2) is 4.79 Å². The standard InChI is InChI=1S/C37H61NO13/c1-11-27-37(43,18-46-36-33(45-10)32(44-9)29(41)23(6)48-36)34-26(49-34)14-13-25(39)20(3)16-21(4)31(19(2)12-15-28(40)50-27)51-35-30(42)24(38(7)8)17-22(5)47-35/h12-15,19-24,26-27,29-36,41-43H,11,16-18H2,1-10H3/b14-13+,15-12+/t19-,20+,21-,22?,23?,24?,26+,27+,29?,30?,31+,32?,33?,34-,35?,36?,37-/m0/s1. The van der Waals surface area contributed by atoms with Gasteiger partial charge in [0.1, 0.15) is 42.7 Å². The zero-order chi connectivity index (χ0) is 37.8. The van der Waals surface area contributed by atoms with E-state index >= 15 is 0 Å². The number of hydrogen-bond donors (Lipinski definition) is 3. The summed E-state index contributed by atoms with van der Waals surface area (Å²) in [5.74, 6) is -1.71. The smallest absolute Gasteiger partial charge is 0.330 e. The van der Waals surface area contributed by atoms with Crippen LogP contribution in [0.1, 0.15) is 60.8 Å². The molecule has 17 atom stereocenters. The van der Waals surface area contributed by atoms with Crippen LogP contribution in [0.5, 0.6) is 0 Å². The van der Waals surface area contributed by atoms with Gasteiger partial charge in [-0.1, -0.05) is 33.8 Å². The van der Waals surface area contributed by atoms with Crippen molar-refractivity contribution in [1.82, 2.24) is 4.90 Å². The number of methoxy groups -OCH3 is 2. The summed E-state index contributed by atoms with van der Waals surface area (Å²) < 4.78 is 47.4. The number of hydrogen-bond acceptors (Lipinski definition) is 14. The second kappa shape index (κ2) is 18.0. The fourth-order valence-electron chi connectivity index (χ4n) is 7.69. The van der Waals surface area contributed by atoms with Gasteiger partial charge < -0.3 is 58.1 Å². The van der Waals surface area contributed by atoms with Crippen molar-refractivity contribution in [2.24, 2.45) is 17.8 Å². The van der Waals surface area contributed by atoms with Crippen molar-refractivity contribution < 1.29 is 62.8 Å². The van der Waals surface area contributed by atoms with Crippen LogP contribution in [0.4, 0.5) is 0 Å². The first-order valence-corrected chi connectivity index (χ1v) is 18.2. The molecule has 3 saturated heterocycles. The molecule has 0 bridgehead atoms. The number of ketones is 1. The van der Waals surface area contributed by atoms with Gasteiger partial charge in [-0.2, -0.15) is 0 Å². The second-order valence-electron chi connectivity index (χ2n) is 15.0. The Balaban J connectivity index is 1.59. The molecular formula is C37H61NO13. The summed E-state index contributed by atoms with van der Waals surface area (Å²) in [6.45, 7) is 10.7. The van der Waals surface area contributed by atoms with Crippen LogP contribution < -0.4 is 0 Å². The third-order valence-electron chi connectivity index (χ3n) is 10.8. The minimum atomic E-state index is -1.86. The molecule has 0 aliphatic carbocycles. The van der Waals surface area contributed by atoms with E-state index in [1.807, 2.05) is 46.7 Å². The lowest BCUT2D eigenvalue weighted by molar-refractivity contribution is -0.313. The van der Waals surface area contributed by atoms with Crippen molar-refractivity contribution >= 4 is 11.8 Å². The third-order valence-corrected chi connectivity index (χ3v) is 10.8. The maximum absolute atomic E-state index is 13.4. The lowest BCUT2D eigenvalue weighted by atomic mass is 9.84. The van der Waals surface area contributed by atoms with E-state index in [1.165, 1.54) is 26.4 Å². The highest BCUT2D eigenvalue weighted by atomic mass is 16.7. The Morgan fingerprint density at radius 3 is 2.20 bits per heavy atom. The molecule has 14 nitrogen and oxygen atoms in total. The van der Waals surface area contributed by atoms with Crippen LogP contribution >= 0.6 is 0 Å². The number of aliphatic hydroxyl groups excluding tert-OH is 2. The molecule has 0 aromatic carbocycles. The van der Waals surface area contributed by atoms with Crippen molar-refractivity contribution in [3.05, 3.63) is 24.3 Å². The zero-order valence-electron chi connectivity index (χ0n) is 31.7.